The number of amidine groups is 1. The lowest BCUT2D eigenvalue weighted by atomic mass is 10.1. The van der Waals surface area contributed by atoms with Gasteiger partial charge in [-0.05, 0) is 67.9 Å². The van der Waals surface area contributed by atoms with Crippen LogP contribution >= 0.6 is 11.6 Å². The number of hydrogen-bond donors (Lipinski definition) is 2. The molecule has 9 nitrogen and oxygen atoms in total. The number of aryl methyl sites for hydroxylation is 1. The Morgan fingerprint density at radius 1 is 1.14 bits per heavy atom. The summed E-state index contributed by atoms with van der Waals surface area (Å²) in [4.78, 5) is 22.9. The third-order valence-electron chi connectivity index (χ3n) is 5.67. The molecule has 0 unspecified atom stereocenters. The first-order valence-electron chi connectivity index (χ1n) is 11.4. The number of carbonyl (C=O) groups is 1. The summed E-state index contributed by atoms with van der Waals surface area (Å²) >= 11 is 6.14. The predicted molar refractivity (Wildman–Crippen MR) is 148 cm³/mol. The number of methoxy groups -OCH3 is 1. The molecule has 4 rings (SSSR count). The maximum Gasteiger partial charge on any atom is 0.278 e. The molecule has 2 N–H and O–H groups in total. The van der Waals surface area contributed by atoms with Gasteiger partial charge in [-0.15, -0.1) is 0 Å². The summed E-state index contributed by atoms with van der Waals surface area (Å²) in [5.74, 6) is -0.427. The molecule has 1 heterocycles. The Balaban J connectivity index is 1.88. The molecule has 0 radical (unpaired) electrons. The maximum atomic E-state index is 13.7. The van der Waals surface area contributed by atoms with Crippen LogP contribution in [0, 0.1) is 6.92 Å². The fourth-order valence-electron chi connectivity index (χ4n) is 3.79. The van der Waals surface area contributed by atoms with Crippen molar-refractivity contribution in [1.29, 1.82) is 0 Å². The molecule has 0 aromatic heterocycles. The van der Waals surface area contributed by atoms with Crippen LogP contribution in [0.15, 0.2) is 75.5 Å². The molecule has 0 spiro atoms. The topological polar surface area (TPSA) is 112 Å². The van der Waals surface area contributed by atoms with Crippen LogP contribution in [0.2, 0.25) is 5.02 Å². The van der Waals surface area contributed by atoms with Gasteiger partial charge >= 0.3 is 0 Å². The van der Waals surface area contributed by atoms with Crippen molar-refractivity contribution < 1.29 is 17.9 Å². The molecule has 0 aliphatic carbocycles. The number of carbonyl (C=O) groups excluding carboxylic acids is 1. The van der Waals surface area contributed by atoms with Crippen LogP contribution in [0.5, 0.6) is 5.75 Å². The summed E-state index contributed by atoms with van der Waals surface area (Å²) in [7, 11) is -1.17. The van der Waals surface area contributed by atoms with Crippen LogP contribution in [0.3, 0.4) is 0 Å². The number of nitrogens with zero attached hydrogens (tertiary/aromatic N) is 3. The first-order valence-corrected chi connectivity index (χ1v) is 13.2. The second kappa shape index (κ2) is 10.6. The Morgan fingerprint density at radius 2 is 1.89 bits per heavy atom. The molecule has 0 saturated carbocycles. The first kappa shape index (κ1) is 26.2. The van der Waals surface area contributed by atoms with E-state index >= 15 is 0 Å². The summed E-state index contributed by atoms with van der Waals surface area (Å²) in [5.41, 5.74) is 2.49. The standard InChI is InChI=1S/C26H26ClN5O4S/c1-5-28-18-11-12-19(16(2)14-18)29-24(26(33)31-21-15-17(27)10-13-22(21)36-4)25-30-20-8-6-7-9-23(20)37(34,35)32(25)3/h6-15,28H,5H2,1-4H3,(H,31,33). The minimum Gasteiger partial charge on any atom is -0.495 e. The largest absolute Gasteiger partial charge is 0.495 e. The van der Waals surface area contributed by atoms with E-state index in [1.165, 1.54) is 26.3 Å². The average Bonchev–Trinajstić information content (AvgIpc) is 2.86. The van der Waals surface area contributed by atoms with Crippen LogP contribution in [0.4, 0.5) is 22.7 Å². The fourth-order valence-corrected chi connectivity index (χ4v) is 5.24. The number of ether oxygens (including phenoxy) is 1. The van der Waals surface area contributed by atoms with Gasteiger partial charge in [-0.3, -0.25) is 9.10 Å². The van der Waals surface area contributed by atoms with Crippen molar-refractivity contribution in [1.82, 2.24) is 4.31 Å². The number of rotatable bonds is 7. The molecule has 0 fully saturated rings. The first-order chi connectivity index (χ1) is 17.6. The lowest BCUT2D eigenvalue weighted by Gasteiger charge is -2.27. The molecule has 1 aliphatic heterocycles. The minimum absolute atomic E-state index is 0.0451. The molecule has 3 aromatic rings. The van der Waals surface area contributed by atoms with E-state index in [0.29, 0.717) is 22.1 Å². The molecule has 0 bridgehead atoms. The van der Waals surface area contributed by atoms with Gasteiger partial charge in [-0.2, -0.15) is 0 Å². The van der Waals surface area contributed by atoms with Crippen molar-refractivity contribution >= 4 is 61.8 Å². The normalized spacial score (nSPS) is 14.5. The third-order valence-corrected chi connectivity index (χ3v) is 7.71. The predicted octanol–water partition coefficient (Wildman–Crippen LogP) is 5.16. The zero-order valence-electron chi connectivity index (χ0n) is 20.7. The highest BCUT2D eigenvalue weighted by Crippen LogP contribution is 2.33. The minimum atomic E-state index is -3.97. The summed E-state index contributed by atoms with van der Waals surface area (Å²) < 4.78 is 32.9. The van der Waals surface area contributed by atoms with Crippen LogP contribution < -0.4 is 15.4 Å². The van der Waals surface area contributed by atoms with Gasteiger partial charge in [0.25, 0.3) is 15.9 Å². The van der Waals surface area contributed by atoms with Gasteiger partial charge in [-0.25, -0.2) is 18.4 Å². The van der Waals surface area contributed by atoms with Crippen molar-refractivity contribution in [2.75, 3.05) is 31.3 Å². The SMILES string of the molecule is CCNc1ccc(N=C(C(=O)Nc2cc(Cl)ccc2OC)C2=Nc3ccccc3S(=O)(=O)N2C)c(C)c1. The molecule has 0 atom stereocenters. The number of amides is 1. The quantitative estimate of drug-likeness (QED) is 0.402. The summed E-state index contributed by atoms with van der Waals surface area (Å²) in [5, 5.41) is 6.36. The van der Waals surface area contributed by atoms with E-state index in [4.69, 9.17) is 16.3 Å². The molecule has 11 heteroatoms. The molecular weight excluding hydrogens is 514 g/mol. The Morgan fingerprint density at radius 3 is 2.59 bits per heavy atom. The highest BCUT2D eigenvalue weighted by Gasteiger charge is 2.36. The number of halogens is 1. The fraction of sp³-hybridized carbons (Fsp3) is 0.192. The number of para-hydroxylation sites is 1. The lowest BCUT2D eigenvalue weighted by Crippen LogP contribution is -2.44. The summed E-state index contributed by atoms with van der Waals surface area (Å²) in [6.07, 6.45) is 0. The van der Waals surface area contributed by atoms with E-state index in [1.54, 1.807) is 36.4 Å². The molecule has 3 aromatic carbocycles. The van der Waals surface area contributed by atoms with E-state index in [-0.39, 0.29) is 22.1 Å². The highest BCUT2D eigenvalue weighted by atomic mass is 35.5. The zero-order valence-corrected chi connectivity index (χ0v) is 22.3. The summed E-state index contributed by atoms with van der Waals surface area (Å²) in [6, 6.07) is 16.6. The van der Waals surface area contributed by atoms with Gasteiger partial charge in [0.1, 0.15) is 10.6 Å². The van der Waals surface area contributed by atoms with Crippen molar-refractivity contribution in [3.05, 3.63) is 71.2 Å². The zero-order chi connectivity index (χ0) is 26.7. The maximum absolute atomic E-state index is 13.7. The number of aliphatic imine (C=N–C) groups is 2. The number of anilines is 2. The van der Waals surface area contributed by atoms with Crippen LogP contribution in [0.1, 0.15) is 12.5 Å². The van der Waals surface area contributed by atoms with Crippen LogP contribution in [-0.4, -0.2) is 50.9 Å². The van der Waals surface area contributed by atoms with E-state index in [2.05, 4.69) is 20.6 Å². The van der Waals surface area contributed by atoms with Gasteiger partial charge in [0.2, 0.25) is 0 Å². The van der Waals surface area contributed by atoms with E-state index in [0.717, 1.165) is 22.1 Å². The van der Waals surface area contributed by atoms with E-state index in [1.807, 2.05) is 26.0 Å². The second-order valence-corrected chi connectivity index (χ2v) is 10.5. The van der Waals surface area contributed by atoms with Crippen molar-refractivity contribution in [3.8, 4) is 5.75 Å². The van der Waals surface area contributed by atoms with Gasteiger partial charge in [0.15, 0.2) is 11.5 Å². The van der Waals surface area contributed by atoms with Crippen molar-refractivity contribution in [3.63, 3.8) is 0 Å². The monoisotopic (exact) mass is 539 g/mol. The molecule has 1 amide bonds. The van der Waals surface area contributed by atoms with Crippen molar-refractivity contribution in [2.24, 2.45) is 9.98 Å². The van der Waals surface area contributed by atoms with Gasteiger partial charge in [0.05, 0.1) is 24.2 Å². The average molecular weight is 540 g/mol. The molecule has 0 saturated heterocycles. The van der Waals surface area contributed by atoms with E-state index in [9.17, 15) is 13.2 Å². The number of benzene rings is 3. The van der Waals surface area contributed by atoms with Gasteiger partial charge in [0, 0.05) is 24.3 Å². The molecule has 37 heavy (non-hydrogen) atoms. The molecule has 1 aliphatic rings. The molecule has 192 valence electrons. The van der Waals surface area contributed by atoms with Gasteiger partial charge in [-0.1, -0.05) is 23.7 Å². The Bertz CT molecular complexity index is 1540. The van der Waals surface area contributed by atoms with Crippen LogP contribution in [0.25, 0.3) is 0 Å². The Kier molecular flexibility index (Phi) is 7.51. The smallest absolute Gasteiger partial charge is 0.278 e. The van der Waals surface area contributed by atoms with Gasteiger partial charge < -0.3 is 15.4 Å². The van der Waals surface area contributed by atoms with Crippen LogP contribution in [-0.2, 0) is 14.8 Å². The number of sulfonamides is 1. The third kappa shape index (κ3) is 5.30. The highest BCUT2D eigenvalue weighted by molar-refractivity contribution is 7.90. The number of hydrogen-bond acceptors (Lipinski definition) is 7. The summed E-state index contributed by atoms with van der Waals surface area (Å²) in [6.45, 7) is 4.59. The van der Waals surface area contributed by atoms with E-state index < -0.39 is 15.9 Å². The number of nitrogens with one attached hydrogen (secondary N) is 2. The lowest BCUT2D eigenvalue weighted by molar-refractivity contribution is -0.110. The Labute approximate surface area is 220 Å². The Hall–Kier alpha value is -3.89. The molecular formula is C26H26ClN5O4S. The van der Waals surface area contributed by atoms with Crippen molar-refractivity contribution in [2.45, 2.75) is 18.7 Å². The number of fused-ring (bicyclic) bond motifs is 1. The second-order valence-electron chi connectivity index (χ2n) is 8.17.